The summed E-state index contributed by atoms with van der Waals surface area (Å²) in [4.78, 5) is 0. The lowest BCUT2D eigenvalue weighted by atomic mass is 10.1. The SMILES string of the molecule is CCCC(C)NCC(C)(C)NS(C)(=O)=O. The summed E-state index contributed by atoms with van der Waals surface area (Å²) in [6.45, 7) is 8.64. The first-order valence-corrected chi connectivity index (χ1v) is 7.28. The van der Waals surface area contributed by atoms with Gasteiger partial charge < -0.3 is 5.32 Å². The molecule has 0 rings (SSSR count). The van der Waals surface area contributed by atoms with Gasteiger partial charge in [-0.1, -0.05) is 13.3 Å². The van der Waals surface area contributed by atoms with E-state index in [0.29, 0.717) is 12.6 Å². The van der Waals surface area contributed by atoms with Crippen LogP contribution in [-0.4, -0.2) is 32.8 Å². The first-order chi connectivity index (χ1) is 6.66. The van der Waals surface area contributed by atoms with E-state index in [2.05, 4.69) is 23.9 Å². The van der Waals surface area contributed by atoms with Crippen LogP contribution >= 0.6 is 0 Å². The van der Waals surface area contributed by atoms with Gasteiger partial charge in [-0.25, -0.2) is 13.1 Å². The normalized spacial score (nSPS) is 15.3. The lowest BCUT2D eigenvalue weighted by Crippen LogP contribution is -2.51. The Bertz CT molecular complexity index is 273. The third kappa shape index (κ3) is 8.84. The quantitative estimate of drug-likeness (QED) is 0.696. The van der Waals surface area contributed by atoms with E-state index in [1.165, 1.54) is 6.26 Å². The fourth-order valence-electron chi connectivity index (χ4n) is 1.50. The highest BCUT2D eigenvalue weighted by molar-refractivity contribution is 7.88. The second-order valence-electron chi connectivity index (χ2n) is 4.83. The van der Waals surface area contributed by atoms with Crippen molar-refractivity contribution in [2.45, 2.75) is 52.1 Å². The maximum absolute atomic E-state index is 11.1. The standard InChI is InChI=1S/C10H24N2O2S/c1-6-7-9(2)11-8-10(3,4)12-15(5,13)14/h9,11-12H,6-8H2,1-5H3. The molecule has 4 nitrogen and oxygen atoms in total. The Hall–Kier alpha value is -0.130. The smallest absolute Gasteiger partial charge is 0.209 e. The maximum atomic E-state index is 11.1. The topological polar surface area (TPSA) is 58.2 Å². The molecule has 2 N–H and O–H groups in total. The van der Waals surface area contributed by atoms with Crippen molar-refractivity contribution in [3.8, 4) is 0 Å². The molecule has 0 saturated carbocycles. The van der Waals surface area contributed by atoms with Crippen LogP contribution in [0.5, 0.6) is 0 Å². The van der Waals surface area contributed by atoms with Crippen LogP contribution in [0.15, 0.2) is 0 Å². The van der Waals surface area contributed by atoms with Gasteiger partial charge in [0.25, 0.3) is 0 Å². The lowest BCUT2D eigenvalue weighted by molar-refractivity contribution is 0.386. The molecule has 15 heavy (non-hydrogen) atoms. The molecule has 0 aromatic rings. The van der Waals surface area contributed by atoms with E-state index in [1.807, 2.05) is 13.8 Å². The molecule has 0 aromatic carbocycles. The molecule has 0 aromatic heterocycles. The van der Waals surface area contributed by atoms with Crippen molar-refractivity contribution in [2.75, 3.05) is 12.8 Å². The predicted octanol–water partition coefficient (Wildman–Crippen LogP) is 1.09. The molecule has 0 bridgehead atoms. The highest BCUT2D eigenvalue weighted by Gasteiger charge is 2.22. The van der Waals surface area contributed by atoms with E-state index in [-0.39, 0.29) is 0 Å². The minimum absolute atomic E-state index is 0.427. The maximum Gasteiger partial charge on any atom is 0.209 e. The molecule has 0 heterocycles. The van der Waals surface area contributed by atoms with Gasteiger partial charge in [0.2, 0.25) is 10.0 Å². The van der Waals surface area contributed by atoms with Crippen molar-refractivity contribution in [3.63, 3.8) is 0 Å². The summed E-state index contributed by atoms with van der Waals surface area (Å²) >= 11 is 0. The summed E-state index contributed by atoms with van der Waals surface area (Å²) in [5, 5.41) is 3.32. The Kier molecular flexibility index (Phi) is 5.77. The Morgan fingerprint density at radius 1 is 1.33 bits per heavy atom. The van der Waals surface area contributed by atoms with Crippen LogP contribution in [0, 0.1) is 0 Å². The third-order valence-corrected chi connectivity index (χ3v) is 3.00. The summed E-state index contributed by atoms with van der Waals surface area (Å²) in [7, 11) is -3.13. The summed E-state index contributed by atoms with van der Waals surface area (Å²) in [6.07, 6.45) is 3.42. The van der Waals surface area contributed by atoms with Crippen molar-refractivity contribution in [1.82, 2.24) is 10.0 Å². The molecule has 92 valence electrons. The minimum atomic E-state index is -3.13. The Morgan fingerprint density at radius 2 is 1.87 bits per heavy atom. The molecule has 1 unspecified atom stereocenters. The monoisotopic (exact) mass is 236 g/mol. The van der Waals surface area contributed by atoms with E-state index in [4.69, 9.17) is 0 Å². The molecule has 0 amide bonds. The number of rotatable bonds is 7. The molecule has 0 spiro atoms. The molecule has 0 aliphatic rings. The van der Waals surface area contributed by atoms with Crippen LogP contribution in [0.4, 0.5) is 0 Å². The molecule has 0 fully saturated rings. The van der Waals surface area contributed by atoms with Crippen LogP contribution in [0.2, 0.25) is 0 Å². The van der Waals surface area contributed by atoms with Crippen LogP contribution in [-0.2, 0) is 10.0 Å². The van der Waals surface area contributed by atoms with Crippen LogP contribution in [0.25, 0.3) is 0 Å². The summed E-state index contributed by atoms with van der Waals surface area (Å²) in [5.41, 5.74) is -0.435. The van der Waals surface area contributed by atoms with Crippen LogP contribution in [0.3, 0.4) is 0 Å². The zero-order chi connectivity index (χ0) is 12.1. The number of nitrogens with one attached hydrogen (secondary N) is 2. The number of sulfonamides is 1. The lowest BCUT2D eigenvalue weighted by Gasteiger charge is -2.27. The Labute approximate surface area is 93.9 Å². The Morgan fingerprint density at radius 3 is 2.27 bits per heavy atom. The van der Waals surface area contributed by atoms with Gasteiger partial charge >= 0.3 is 0 Å². The van der Waals surface area contributed by atoms with E-state index in [9.17, 15) is 8.42 Å². The second kappa shape index (κ2) is 5.82. The molecular formula is C10H24N2O2S. The van der Waals surface area contributed by atoms with Crippen molar-refractivity contribution in [2.24, 2.45) is 0 Å². The van der Waals surface area contributed by atoms with Crippen molar-refractivity contribution >= 4 is 10.0 Å². The summed E-state index contributed by atoms with van der Waals surface area (Å²) in [6, 6.07) is 0.427. The van der Waals surface area contributed by atoms with Crippen molar-refractivity contribution in [3.05, 3.63) is 0 Å². The first-order valence-electron chi connectivity index (χ1n) is 5.38. The van der Waals surface area contributed by atoms with Gasteiger partial charge in [0.1, 0.15) is 0 Å². The molecular weight excluding hydrogens is 212 g/mol. The zero-order valence-electron chi connectivity index (χ0n) is 10.4. The predicted molar refractivity (Wildman–Crippen MR) is 64.4 cm³/mol. The van der Waals surface area contributed by atoms with Gasteiger partial charge in [-0.2, -0.15) is 0 Å². The number of hydrogen-bond donors (Lipinski definition) is 2. The van der Waals surface area contributed by atoms with E-state index >= 15 is 0 Å². The van der Waals surface area contributed by atoms with Gasteiger partial charge in [-0.3, -0.25) is 0 Å². The first kappa shape index (κ1) is 14.9. The van der Waals surface area contributed by atoms with E-state index < -0.39 is 15.6 Å². The van der Waals surface area contributed by atoms with E-state index in [1.54, 1.807) is 0 Å². The summed E-state index contributed by atoms with van der Waals surface area (Å²) < 4.78 is 24.8. The largest absolute Gasteiger partial charge is 0.312 e. The fourth-order valence-corrected chi connectivity index (χ4v) is 2.58. The second-order valence-corrected chi connectivity index (χ2v) is 6.58. The average Bonchev–Trinajstić information content (AvgIpc) is 1.97. The van der Waals surface area contributed by atoms with Crippen molar-refractivity contribution in [1.29, 1.82) is 0 Å². The van der Waals surface area contributed by atoms with Gasteiger partial charge in [0.05, 0.1) is 6.26 Å². The zero-order valence-corrected chi connectivity index (χ0v) is 11.2. The molecule has 0 aliphatic heterocycles. The molecule has 0 saturated heterocycles. The molecule has 5 heteroatoms. The van der Waals surface area contributed by atoms with Crippen LogP contribution < -0.4 is 10.0 Å². The minimum Gasteiger partial charge on any atom is -0.312 e. The highest BCUT2D eigenvalue weighted by atomic mass is 32.2. The Balaban J connectivity index is 4.04. The average molecular weight is 236 g/mol. The fraction of sp³-hybridized carbons (Fsp3) is 1.00. The van der Waals surface area contributed by atoms with Gasteiger partial charge in [-0.05, 0) is 27.2 Å². The highest BCUT2D eigenvalue weighted by Crippen LogP contribution is 2.04. The van der Waals surface area contributed by atoms with Gasteiger partial charge in [-0.15, -0.1) is 0 Å². The van der Waals surface area contributed by atoms with E-state index in [0.717, 1.165) is 12.8 Å². The summed E-state index contributed by atoms with van der Waals surface area (Å²) in [5.74, 6) is 0. The third-order valence-electron chi connectivity index (χ3n) is 2.08. The molecule has 0 aliphatic carbocycles. The molecule has 1 atom stereocenters. The number of hydrogen-bond acceptors (Lipinski definition) is 3. The van der Waals surface area contributed by atoms with Gasteiger partial charge in [0.15, 0.2) is 0 Å². The van der Waals surface area contributed by atoms with Gasteiger partial charge in [0, 0.05) is 18.1 Å². The van der Waals surface area contributed by atoms with Crippen molar-refractivity contribution < 1.29 is 8.42 Å². The molecule has 0 radical (unpaired) electrons. The van der Waals surface area contributed by atoms with Crippen LogP contribution in [0.1, 0.15) is 40.5 Å².